The van der Waals surface area contributed by atoms with Crippen molar-refractivity contribution in [3.05, 3.63) is 0 Å². The fourth-order valence-electron chi connectivity index (χ4n) is 5.35. The van der Waals surface area contributed by atoms with E-state index in [9.17, 15) is 0 Å². The molecule has 2 heteroatoms. The fraction of sp³-hybridized carbons (Fsp3) is 1.00. The molecule has 0 N–H and O–H groups in total. The average molecular weight is 337 g/mol. The molecule has 3 rings (SSSR count). The summed E-state index contributed by atoms with van der Waals surface area (Å²) in [6.07, 6.45) is 16.8. The molecule has 2 aliphatic carbocycles. The van der Waals surface area contributed by atoms with E-state index in [4.69, 9.17) is 9.47 Å². The Bertz CT molecular complexity index is 298. The monoisotopic (exact) mass is 336 g/mol. The first-order valence-corrected chi connectivity index (χ1v) is 11.0. The summed E-state index contributed by atoms with van der Waals surface area (Å²) in [6.45, 7) is 6.58. The molecule has 0 aromatic heterocycles. The first kappa shape index (κ1) is 18.7. The van der Waals surface area contributed by atoms with Crippen molar-refractivity contribution in [2.75, 3.05) is 13.2 Å². The average Bonchev–Trinajstić information content (AvgIpc) is 2.65. The highest BCUT2D eigenvalue weighted by atomic mass is 16.7. The van der Waals surface area contributed by atoms with Crippen molar-refractivity contribution < 1.29 is 9.47 Å². The molecule has 0 spiro atoms. The number of ether oxygens (including phenoxy) is 2. The second-order valence-electron chi connectivity index (χ2n) is 9.02. The Morgan fingerprint density at radius 1 is 0.542 bits per heavy atom. The van der Waals surface area contributed by atoms with E-state index in [1.165, 1.54) is 70.6 Å². The van der Waals surface area contributed by atoms with Gasteiger partial charge in [0.05, 0.1) is 13.2 Å². The predicted molar refractivity (Wildman–Crippen MR) is 99.9 cm³/mol. The Morgan fingerprint density at radius 2 is 0.958 bits per heavy atom. The maximum absolute atomic E-state index is 6.11. The Hall–Kier alpha value is -0.0800. The van der Waals surface area contributed by atoms with Gasteiger partial charge in [0.25, 0.3) is 0 Å². The zero-order valence-corrected chi connectivity index (χ0v) is 16.2. The van der Waals surface area contributed by atoms with E-state index in [0.29, 0.717) is 5.92 Å². The first-order valence-electron chi connectivity index (χ1n) is 11.0. The van der Waals surface area contributed by atoms with Gasteiger partial charge in [0.2, 0.25) is 0 Å². The molecule has 0 aromatic rings. The van der Waals surface area contributed by atoms with Gasteiger partial charge in [-0.2, -0.15) is 0 Å². The molecule has 140 valence electrons. The molecule has 3 fully saturated rings. The lowest BCUT2D eigenvalue weighted by atomic mass is 9.77. The lowest BCUT2D eigenvalue weighted by molar-refractivity contribution is -0.211. The Labute approximate surface area is 150 Å². The molecule has 0 radical (unpaired) electrons. The largest absolute Gasteiger partial charge is 0.352 e. The predicted octanol–water partition coefficient (Wildman–Crippen LogP) is 6.19. The van der Waals surface area contributed by atoms with Crippen molar-refractivity contribution in [1.82, 2.24) is 0 Å². The molecule has 24 heavy (non-hydrogen) atoms. The van der Waals surface area contributed by atoms with Crippen LogP contribution in [0.5, 0.6) is 0 Å². The van der Waals surface area contributed by atoms with E-state index in [1.807, 2.05) is 0 Å². The maximum atomic E-state index is 6.11. The van der Waals surface area contributed by atoms with Gasteiger partial charge >= 0.3 is 0 Å². The van der Waals surface area contributed by atoms with Gasteiger partial charge in [-0.15, -0.1) is 0 Å². The Morgan fingerprint density at radius 3 is 1.42 bits per heavy atom. The van der Waals surface area contributed by atoms with E-state index in [0.717, 1.165) is 43.3 Å². The van der Waals surface area contributed by atoms with Crippen LogP contribution in [0.15, 0.2) is 0 Å². The third kappa shape index (κ3) is 5.46. The van der Waals surface area contributed by atoms with Crippen LogP contribution in [0.25, 0.3) is 0 Å². The SMILES string of the molecule is CCC1CCC(CC2COC(CC3CCC(CC)CC3)OC2)CC1. The van der Waals surface area contributed by atoms with Gasteiger partial charge in [-0.05, 0) is 42.9 Å². The van der Waals surface area contributed by atoms with Crippen molar-refractivity contribution in [3.63, 3.8) is 0 Å². The van der Waals surface area contributed by atoms with Gasteiger partial charge in [-0.25, -0.2) is 0 Å². The van der Waals surface area contributed by atoms with Gasteiger partial charge in [0.15, 0.2) is 6.29 Å². The molecule has 0 unspecified atom stereocenters. The van der Waals surface area contributed by atoms with Gasteiger partial charge in [0.1, 0.15) is 0 Å². The minimum atomic E-state index is 0.0975. The van der Waals surface area contributed by atoms with Gasteiger partial charge in [-0.1, -0.05) is 65.2 Å². The highest BCUT2D eigenvalue weighted by Gasteiger charge is 2.29. The fourth-order valence-corrected chi connectivity index (χ4v) is 5.35. The lowest BCUT2D eigenvalue weighted by Gasteiger charge is -2.36. The molecule has 1 heterocycles. The van der Waals surface area contributed by atoms with Gasteiger partial charge < -0.3 is 9.47 Å². The van der Waals surface area contributed by atoms with Crippen LogP contribution >= 0.6 is 0 Å². The zero-order chi connectivity index (χ0) is 16.8. The quantitative estimate of drug-likeness (QED) is 0.576. The van der Waals surface area contributed by atoms with E-state index in [-0.39, 0.29) is 6.29 Å². The summed E-state index contributed by atoms with van der Waals surface area (Å²) >= 11 is 0. The number of rotatable bonds is 6. The first-order chi connectivity index (χ1) is 11.8. The van der Waals surface area contributed by atoms with Crippen LogP contribution in [0.3, 0.4) is 0 Å². The summed E-state index contributed by atoms with van der Waals surface area (Å²) in [5.41, 5.74) is 0. The van der Waals surface area contributed by atoms with Crippen LogP contribution in [-0.4, -0.2) is 19.5 Å². The van der Waals surface area contributed by atoms with Crippen LogP contribution in [0.2, 0.25) is 0 Å². The molecule has 1 saturated heterocycles. The third-order valence-corrected chi connectivity index (χ3v) is 7.32. The molecule has 0 amide bonds. The molecule has 0 aromatic carbocycles. The summed E-state index contributed by atoms with van der Waals surface area (Å²) in [7, 11) is 0. The van der Waals surface area contributed by atoms with Crippen molar-refractivity contribution in [2.45, 2.75) is 97.2 Å². The van der Waals surface area contributed by atoms with Crippen LogP contribution in [0.4, 0.5) is 0 Å². The second kappa shape index (κ2) is 9.57. The number of hydrogen-bond acceptors (Lipinski definition) is 2. The van der Waals surface area contributed by atoms with Crippen LogP contribution in [-0.2, 0) is 9.47 Å². The van der Waals surface area contributed by atoms with Crippen LogP contribution < -0.4 is 0 Å². The molecule has 0 atom stereocenters. The smallest absolute Gasteiger partial charge is 0.157 e. The van der Waals surface area contributed by atoms with E-state index >= 15 is 0 Å². The molecular weight excluding hydrogens is 296 g/mol. The normalized spacial score (nSPS) is 41.2. The van der Waals surface area contributed by atoms with E-state index in [2.05, 4.69) is 13.8 Å². The summed E-state index contributed by atoms with van der Waals surface area (Å²) in [6, 6.07) is 0. The maximum Gasteiger partial charge on any atom is 0.157 e. The molecular formula is C22H40O2. The lowest BCUT2D eigenvalue weighted by Crippen LogP contribution is -2.35. The summed E-state index contributed by atoms with van der Waals surface area (Å²) < 4.78 is 12.2. The molecule has 2 nitrogen and oxygen atoms in total. The molecule has 1 aliphatic heterocycles. The third-order valence-electron chi connectivity index (χ3n) is 7.32. The van der Waals surface area contributed by atoms with E-state index < -0.39 is 0 Å². The second-order valence-corrected chi connectivity index (χ2v) is 9.02. The van der Waals surface area contributed by atoms with Crippen LogP contribution in [0.1, 0.15) is 90.9 Å². The van der Waals surface area contributed by atoms with Gasteiger partial charge in [-0.3, -0.25) is 0 Å². The Balaban J connectivity index is 1.30. The van der Waals surface area contributed by atoms with Crippen molar-refractivity contribution in [1.29, 1.82) is 0 Å². The Kier molecular flexibility index (Phi) is 7.46. The highest BCUT2D eigenvalue weighted by Crippen LogP contribution is 2.37. The van der Waals surface area contributed by atoms with Crippen LogP contribution in [0, 0.1) is 29.6 Å². The molecule has 3 aliphatic rings. The highest BCUT2D eigenvalue weighted by molar-refractivity contribution is 4.77. The van der Waals surface area contributed by atoms with Crippen molar-refractivity contribution >= 4 is 0 Å². The summed E-state index contributed by atoms with van der Waals surface area (Å²) in [5, 5.41) is 0. The van der Waals surface area contributed by atoms with Crippen molar-refractivity contribution in [2.24, 2.45) is 29.6 Å². The van der Waals surface area contributed by atoms with Crippen molar-refractivity contribution in [3.8, 4) is 0 Å². The zero-order valence-electron chi connectivity index (χ0n) is 16.2. The minimum absolute atomic E-state index is 0.0975. The number of hydrogen-bond donors (Lipinski definition) is 0. The minimum Gasteiger partial charge on any atom is -0.352 e. The summed E-state index contributed by atoms with van der Waals surface area (Å²) in [5.74, 6) is 4.43. The topological polar surface area (TPSA) is 18.5 Å². The van der Waals surface area contributed by atoms with E-state index in [1.54, 1.807) is 0 Å². The standard InChI is InChI=1S/C22H40O2/c1-3-17-5-9-19(10-6-17)13-21-15-23-22(24-16-21)14-20-11-7-18(4-2)8-12-20/h17-22H,3-16H2,1-2H3. The molecule has 2 saturated carbocycles. The molecule has 0 bridgehead atoms. The summed E-state index contributed by atoms with van der Waals surface area (Å²) in [4.78, 5) is 0. The van der Waals surface area contributed by atoms with Gasteiger partial charge in [0, 0.05) is 12.3 Å².